The van der Waals surface area contributed by atoms with Crippen LogP contribution in [0.3, 0.4) is 0 Å². The third kappa shape index (κ3) is 4.50. The van der Waals surface area contributed by atoms with Gasteiger partial charge in [-0.05, 0) is 45.7 Å². The number of nitrogens with zero attached hydrogens (tertiary/aromatic N) is 2. The first-order chi connectivity index (χ1) is 12.1. The largest absolute Gasteiger partial charge is 0.474 e. The van der Waals surface area contributed by atoms with Gasteiger partial charge in [-0.2, -0.15) is 4.31 Å². The third-order valence-electron chi connectivity index (χ3n) is 3.93. The maximum atomic E-state index is 12.6. The summed E-state index contributed by atoms with van der Waals surface area (Å²) in [5, 5.41) is 14.0. The van der Waals surface area contributed by atoms with Crippen LogP contribution >= 0.6 is 0 Å². The minimum atomic E-state index is -3.78. The highest BCUT2D eigenvalue weighted by Crippen LogP contribution is 2.32. The molecule has 26 heavy (non-hydrogen) atoms. The topological polar surface area (TPSA) is 119 Å². The van der Waals surface area contributed by atoms with Crippen molar-refractivity contribution in [2.24, 2.45) is 0 Å². The molecule has 1 fully saturated rings. The van der Waals surface area contributed by atoms with E-state index in [1.54, 1.807) is 13.8 Å². The second kappa shape index (κ2) is 8.00. The summed E-state index contributed by atoms with van der Waals surface area (Å²) >= 11 is 0. The molecule has 1 saturated heterocycles. The molecule has 1 atom stereocenters. The van der Waals surface area contributed by atoms with Crippen LogP contribution in [0, 0.1) is 10.1 Å². The van der Waals surface area contributed by atoms with Gasteiger partial charge in [-0.25, -0.2) is 8.42 Å². The van der Waals surface area contributed by atoms with Gasteiger partial charge >= 0.3 is 5.69 Å². The number of hydrogen-bond acceptors (Lipinski definition) is 6. The van der Waals surface area contributed by atoms with Crippen LogP contribution in [0.25, 0.3) is 0 Å². The Balaban J connectivity index is 2.29. The summed E-state index contributed by atoms with van der Waals surface area (Å²) < 4.78 is 31.9. The maximum absolute atomic E-state index is 12.6. The number of nitro benzene ring substituents is 1. The predicted molar refractivity (Wildman–Crippen MR) is 94.5 cm³/mol. The first-order valence-electron chi connectivity index (χ1n) is 8.38. The van der Waals surface area contributed by atoms with Crippen LogP contribution < -0.4 is 10.1 Å². The summed E-state index contributed by atoms with van der Waals surface area (Å²) in [5.41, 5.74) is -0.491. The Morgan fingerprint density at radius 2 is 1.88 bits per heavy atom. The molecule has 0 spiro atoms. The molecule has 0 aliphatic carbocycles. The summed E-state index contributed by atoms with van der Waals surface area (Å²) in [6.07, 6.45) is 0.577. The van der Waals surface area contributed by atoms with Gasteiger partial charge in [-0.15, -0.1) is 0 Å². The van der Waals surface area contributed by atoms with E-state index in [1.165, 1.54) is 23.4 Å². The standard InChI is InChI=1S/C16H23N3O6S/c1-11(2)17-16(20)12(3)25-15-7-6-13(10-14(15)19(21)22)26(23,24)18-8-4-5-9-18/h6-7,10-12H,4-5,8-9H2,1-3H3,(H,17,20). The number of hydrogen-bond donors (Lipinski definition) is 1. The number of carbonyl (C=O) groups is 1. The quantitative estimate of drug-likeness (QED) is 0.563. The van der Waals surface area contributed by atoms with Crippen LogP contribution in [-0.2, 0) is 14.8 Å². The molecule has 1 aliphatic heterocycles. The van der Waals surface area contributed by atoms with E-state index in [0.717, 1.165) is 18.9 Å². The first-order valence-corrected chi connectivity index (χ1v) is 9.82. The van der Waals surface area contributed by atoms with E-state index in [9.17, 15) is 23.3 Å². The highest BCUT2D eigenvalue weighted by Gasteiger charge is 2.30. The third-order valence-corrected chi connectivity index (χ3v) is 5.83. The highest BCUT2D eigenvalue weighted by atomic mass is 32.2. The van der Waals surface area contributed by atoms with Crippen LogP contribution in [-0.4, -0.2) is 48.8 Å². The second-order valence-corrected chi connectivity index (χ2v) is 8.36. The number of carbonyl (C=O) groups excluding carboxylic acids is 1. The molecule has 1 aromatic carbocycles. The molecule has 1 unspecified atom stereocenters. The summed E-state index contributed by atoms with van der Waals surface area (Å²) in [6.45, 7) is 5.84. The Labute approximate surface area is 152 Å². The number of rotatable bonds is 7. The molecule has 2 rings (SSSR count). The zero-order chi connectivity index (χ0) is 19.5. The average Bonchev–Trinajstić information content (AvgIpc) is 3.09. The summed E-state index contributed by atoms with van der Waals surface area (Å²) in [4.78, 5) is 22.4. The van der Waals surface area contributed by atoms with Crippen molar-refractivity contribution in [3.8, 4) is 5.75 Å². The minimum Gasteiger partial charge on any atom is -0.474 e. The molecular formula is C16H23N3O6S. The number of nitro groups is 1. The lowest BCUT2D eigenvalue weighted by Gasteiger charge is -2.18. The molecule has 9 nitrogen and oxygen atoms in total. The van der Waals surface area contributed by atoms with Crippen LogP contribution in [0.4, 0.5) is 5.69 Å². The number of ether oxygens (including phenoxy) is 1. The Morgan fingerprint density at radius 3 is 2.42 bits per heavy atom. The van der Waals surface area contributed by atoms with Gasteiger partial charge < -0.3 is 10.1 Å². The first kappa shape index (κ1) is 20.1. The fourth-order valence-electron chi connectivity index (χ4n) is 2.62. The van der Waals surface area contributed by atoms with E-state index >= 15 is 0 Å². The van der Waals surface area contributed by atoms with Gasteiger partial charge in [0.2, 0.25) is 10.0 Å². The molecular weight excluding hydrogens is 362 g/mol. The molecule has 0 radical (unpaired) electrons. The SMILES string of the molecule is CC(C)NC(=O)C(C)Oc1ccc(S(=O)(=O)N2CCCC2)cc1[N+](=O)[O-]. The molecule has 144 valence electrons. The second-order valence-electron chi connectivity index (χ2n) is 6.42. The number of benzene rings is 1. The van der Waals surface area contributed by atoms with Crippen molar-refractivity contribution < 1.29 is 22.9 Å². The van der Waals surface area contributed by atoms with Gasteiger partial charge in [0.15, 0.2) is 11.9 Å². The normalized spacial score (nSPS) is 16.5. The van der Waals surface area contributed by atoms with Crippen molar-refractivity contribution in [2.75, 3.05) is 13.1 Å². The Kier molecular flexibility index (Phi) is 6.19. The molecule has 1 amide bonds. The number of nitrogens with one attached hydrogen (secondary N) is 1. The van der Waals surface area contributed by atoms with E-state index in [4.69, 9.17) is 4.74 Å². The fourth-order valence-corrected chi connectivity index (χ4v) is 4.16. The maximum Gasteiger partial charge on any atom is 0.312 e. The minimum absolute atomic E-state index is 0.100. The van der Waals surface area contributed by atoms with Crippen molar-refractivity contribution in [3.05, 3.63) is 28.3 Å². The van der Waals surface area contributed by atoms with E-state index in [0.29, 0.717) is 13.1 Å². The monoisotopic (exact) mass is 385 g/mol. The van der Waals surface area contributed by atoms with E-state index in [2.05, 4.69) is 5.32 Å². The van der Waals surface area contributed by atoms with Crippen molar-refractivity contribution in [1.82, 2.24) is 9.62 Å². The fraction of sp³-hybridized carbons (Fsp3) is 0.562. The molecule has 1 heterocycles. The van der Waals surface area contributed by atoms with Crippen molar-refractivity contribution in [3.63, 3.8) is 0 Å². The van der Waals surface area contributed by atoms with Crippen LogP contribution in [0.2, 0.25) is 0 Å². The number of amides is 1. The summed E-state index contributed by atoms with van der Waals surface area (Å²) in [5.74, 6) is -0.565. The van der Waals surface area contributed by atoms with Gasteiger partial charge in [-0.3, -0.25) is 14.9 Å². The lowest BCUT2D eigenvalue weighted by Crippen LogP contribution is -2.40. The lowest BCUT2D eigenvalue weighted by molar-refractivity contribution is -0.386. The molecule has 1 N–H and O–H groups in total. The Morgan fingerprint density at radius 1 is 1.27 bits per heavy atom. The van der Waals surface area contributed by atoms with Crippen molar-refractivity contribution in [2.45, 2.75) is 50.7 Å². The van der Waals surface area contributed by atoms with Crippen molar-refractivity contribution in [1.29, 1.82) is 0 Å². The van der Waals surface area contributed by atoms with Gasteiger partial charge in [0.1, 0.15) is 0 Å². The summed E-state index contributed by atoms with van der Waals surface area (Å²) in [7, 11) is -3.78. The van der Waals surface area contributed by atoms with E-state index in [-0.39, 0.29) is 16.7 Å². The van der Waals surface area contributed by atoms with E-state index in [1.807, 2.05) is 0 Å². The van der Waals surface area contributed by atoms with Gasteiger partial charge in [0.05, 0.1) is 9.82 Å². The predicted octanol–water partition coefficient (Wildman–Crippen LogP) is 1.67. The van der Waals surface area contributed by atoms with Crippen molar-refractivity contribution >= 4 is 21.6 Å². The molecule has 10 heteroatoms. The van der Waals surface area contributed by atoms with Gasteiger partial charge in [0, 0.05) is 25.2 Å². The zero-order valence-electron chi connectivity index (χ0n) is 15.0. The molecule has 0 saturated carbocycles. The zero-order valence-corrected chi connectivity index (χ0v) is 15.8. The Hall–Kier alpha value is -2.20. The van der Waals surface area contributed by atoms with Gasteiger partial charge in [0.25, 0.3) is 5.91 Å². The van der Waals surface area contributed by atoms with Gasteiger partial charge in [-0.1, -0.05) is 0 Å². The van der Waals surface area contributed by atoms with Crippen LogP contribution in [0.15, 0.2) is 23.1 Å². The lowest BCUT2D eigenvalue weighted by atomic mass is 10.2. The molecule has 1 aromatic rings. The average molecular weight is 385 g/mol. The molecule has 0 aromatic heterocycles. The van der Waals surface area contributed by atoms with Crippen LogP contribution in [0.1, 0.15) is 33.6 Å². The highest BCUT2D eigenvalue weighted by molar-refractivity contribution is 7.89. The number of sulfonamides is 1. The smallest absolute Gasteiger partial charge is 0.312 e. The molecule has 1 aliphatic rings. The molecule has 0 bridgehead atoms. The van der Waals surface area contributed by atoms with Crippen LogP contribution in [0.5, 0.6) is 5.75 Å². The van der Waals surface area contributed by atoms with E-state index < -0.39 is 32.6 Å². The Bertz CT molecular complexity index is 787. The summed E-state index contributed by atoms with van der Waals surface area (Å²) in [6, 6.07) is 3.37.